The van der Waals surface area contributed by atoms with E-state index in [1.807, 2.05) is 20.8 Å². The number of hydrogen-bond acceptors (Lipinski definition) is 5. The Kier molecular flexibility index (Phi) is 27.4. The molecule has 0 saturated carbocycles. The maximum absolute atomic E-state index is 13.2. The van der Waals surface area contributed by atoms with Crippen molar-refractivity contribution in [2.24, 2.45) is 22.7 Å². The fraction of sp³-hybridized carbons (Fsp3) is 0.756. The van der Waals surface area contributed by atoms with E-state index in [9.17, 15) is 22.8 Å². The number of nitrogens with zero attached hydrogens (tertiary/aromatic N) is 3. The second-order valence-electron chi connectivity index (χ2n) is 17.0. The van der Waals surface area contributed by atoms with Gasteiger partial charge in [-0.05, 0) is 95.6 Å². The van der Waals surface area contributed by atoms with Crippen molar-refractivity contribution >= 4 is 17.5 Å². The topological polar surface area (TPSA) is 129 Å². The third-order valence-corrected chi connectivity index (χ3v) is 10.8. The minimum Gasteiger partial charge on any atom is -0.356 e. The zero-order chi connectivity index (χ0) is 44.6. The monoisotopic (exact) mass is 810 g/mol. The van der Waals surface area contributed by atoms with E-state index in [-0.39, 0.29) is 24.7 Å². The first-order chi connectivity index (χ1) is 26.4. The maximum atomic E-state index is 13.2. The zero-order valence-electron chi connectivity index (χ0n) is 38.7. The van der Waals surface area contributed by atoms with Gasteiger partial charge in [0.15, 0.2) is 0 Å². The summed E-state index contributed by atoms with van der Waals surface area (Å²) in [6, 6.07) is 0.971. The molecule has 2 amide bonds. The Morgan fingerprint density at radius 3 is 2.02 bits per heavy atom. The van der Waals surface area contributed by atoms with E-state index in [2.05, 4.69) is 94.9 Å². The Balaban J connectivity index is 0. The minimum atomic E-state index is -4.31. The van der Waals surface area contributed by atoms with Crippen molar-refractivity contribution in [1.29, 1.82) is 5.41 Å². The number of aromatic amines is 1. The third-order valence-electron chi connectivity index (χ3n) is 10.8. The predicted molar refractivity (Wildman–Crippen MR) is 233 cm³/mol. The Labute approximate surface area is 345 Å². The highest BCUT2D eigenvalue weighted by Gasteiger charge is 2.47. The van der Waals surface area contributed by atoms with Crippen LogP contribution in [0.15, 0.2) is 29.6 Å². The number of unbranched alkanes of at least 4 members (excludes halogenated alkanes) is 1. The summed E-state index contributed by atoms with van der Waals surface area (Å²) in [5, 5.41) is 16.9. The van der Waals surface area contributed by atoms with Crippen LogP contribution in [0.2, 0.25) is 0 Å². The highest BCUT2D eigenvalue weighted by Crippen LogP contribution is 2.42. The normalized spacial score (nSPS) is 15.6. The molecule has 1 aliphatic heterocycles. The van der Waals surface area contributed by atoms with E-state index in [1.54, 1.807) is 13.0 Å². The van der Waals surface area contributed by atoms with Gasteiger partial charge in [0.1, 0.15) is 11.5 Å². The molecule has 9 nitrogen and oxygen atoms in total. The first kappa shape index (κ1) is 55.7. The Morgan fingerprint density at radius 2 is 1.65 bits per heavy atom. The van der Waals surface area contributed by atoms with Crippen molar-refractivity contribution in [3.05, 3.63) is 46.8 Å². The molecule has 0 aromatic carbocycles. The van der Waals surface area contributed by atoms with Gasteiger partial charge in [0.05, 0.1) is 23.3 Å². The number of carbonyl (C=O) groups is 2. The van der Waals surface area contributed by atoms with E-state index < -0.39 is 17.6 Å². The fourth-order valence-corrected chi connectivity index (χ4v) is 5.25. The number of allylic oxidation sites excluding steroid dienone is 2. The first-order valence-corrected chi connectivity index (χ1v) is 21.3. The second-order valence-corrected chi connectivity index (χ2v) is 17.0. The average Bonchev–Trinajstić information content (AvgIpc) is 3.83. The molecule has 57 heavy (non-hydrogen) atoms. The van der Waals surface area contributed by atoms with Gasteiger partial charge in [-0.1, -0.05) is 107 Å². The standard InChI is InChI=1S/C17H24F3N5O.C10H22.C8H15N.C6H11NO.C4H10/c1-5-25-14(7-9-22-25)15(26)24-12(13-10-21-11(2)23-13)6-8-16(3,4)17(18,19)20;1-6-9(3)8-10(4,5)7-2;1-5-6(2)7(3)8(4)9;1-5-2-3-6(8)7-4-5;1-3-4-2/h7,9-10,12H,5-6,8H2,1-4H3,(H,21,23)(H,24,26);9H,6-8H2,1-5H3;9H,5H2,1-4H3;5H,2-4H2,1H3,(H,7,8);3-4H2,1-2H3. The van der Waals surface area contributed by atoms with Crippen molar-refractivity contribution in [2.45, 2.75) is 194 Å². The fourth-order valence-electron chi connectivity index (χ4n) is 5.25. The van der Waals surface area contributed by atoms with Crippen LogP contribution in [0.4, 0.5) is 13.2 Å². The number of hydrogen-bond donors (Lipinski definition) is 4. The van der Waals surface area contributed by atoms with Crippen LogP contribution in [0, 0.1) is 35.0 Å². The van der Waals surface area contributed by atoms with Crippen LogP contribution in [0.1, 0.15) is 196 Å². The van der Waals surface area contributed by atoms with Gasteiger partial charge in [-0.2, -0.15) is 18.3 Å². The lowest BCUT2D eigenvalue weighted by Crippen LogP contribution is -2.35. The average molecular weight is 810 g/mol. The lowest BCUT2D eigenvalue weighted by atomic mass is 9.80. The SMILES string of the molecule is CC1CCC(=O)NC1.CCC(C)=C(C)C(C)=N.CCC(C)CC(C)(C)CC.CCCC.CCn1nccc1C(=O)NC(CCC(C)(C)C(F)(F)F)c1cnc(C)[nH]1. The first-order valence-electron chi connectivity index (χ1n) is 21.3. The van der Waals surface area contributed by atoms with E-state index in [0.717, 1.165) is 51.1 Å². The molecule has 2 aromatic rings. The summed E-state index contributed by atoms with van der Waals surface area (Å²) in [4.78, 5) is 30.2. The van der Waals surface area contributed by atoms with Gasteiger partial charge in [-0.15, -0.1) is 0 Å². The molecule has 330 valence electrons. The Morgan fingerprint density at radius 1 is 1.05 bits per heavy atom. The van der Waals surface area contributed by atoms with E-state index in [0.29, 0.717) is 40.8 Å². The van der Waals surface area contributed by atoms with E-state index in [4.69, 9.17) is 5.41 Å². The molecule has 3 heterocycles. The van der Waals surface area contributed by atoms with Crippen LogP contribution in [-0.4, -0.2) is 50.0 Å². The van der Waals surface area contributed by atoms with Crippen molar-refractivity contribution in [3.8, 4) is 0 Å². The van der Waals surface area contributed by atoms with Crippen molar-refractivity contribution in [2.75, 3.05) is 6.54 Å². The molecule has 4 N–H and O–H groups in total. The highest BCUT2D eigenvalue weighted by atomic mass is 19.4. The smallest absolute Gasteiger partial charge is 0.356 e. The number of aromatic nitrogens is 4. The summed E-state index contributed by atoms with van der Waals surface area (Å²) in [7, 11) is 0. The molecule has 3 atom stereocenters. The Hall–Kier alpha value is -3.44. The molecule has 0 spiro atoms. The Bertz CT molecular complexity index is 1440. The van der Waals surface area contributed by atoms with Gasteiger partial charge in [-0.25, -0.2) is 4.98 Å². The number of nitrogens with one attached hydrogen (secondary N) is 4. The van der Waals surface area contributed by atoms with E-state index in [1.165, 1.54) is 54.8 Å². The van der Waals surface area contributed by atoms with Gasteiger partial charge in [0.2, 0.25) is 5.91 Å². The van der Waals surface area contributed by atoms with Gasteiger partial charge in [0, 0.05) is 31.4 Å². The van der Waals surface area contributed by atoms with Gasteiger partial charge >= 0.3 is 6.18 Å². The summed E-state index contributed by atoms with van der Waals surface area (Å²) in [5.74, 6) is 2.05. The molecular weight excluding hydrogens is 728 g/mol. The molecule has 1 fully saturated rings. The van der Waals surface area contributed by atoms with Crippen LogP contribution >= 0.6 is 0 Å². The molecule has 1 saturated heterocycles. The molecule has 0 bridgehead atoms. The number of piperidine rings is 1. The molecular formula is C45H82F3N7O2. The van der Waals surface area contributed by atoms with Crippen molar-refractivity contribution < 1.29 is 22.8 Å². The van der Waals surface area contributed by atoms with Gasteiger partial charge < -0.3 is 21.0 Å². The van der Waals surface area contributed by atoms with Crippen molar-refractivity contribution in [1.82, 2.24) is 30.4 Å². The molecule has 0 radical (unpaired) electrons. The number of amides is 2. The second kappa shape index (κ2) is 28.1. The molecule has 1 aliphatic rings. The quantitative estimate of drug-likeness (QED) is 0.142. The number of alkyl halides is 3. The van der Waals surface area contributed by atoms with Crippen LogP contribution < -0.4 is 10.6 Å². The lowest BCUT2D eigenvalue weighted by Gasteiger charge is -2.29. The van der Waals surface area contributed by atoms with Crippen LogP contribution in [0.3, 0.4) is 0 Å². The molecule has 3 rings (SSSR count). The maximum Gasteiger partial charge on any atom is 0.393 e. The number of aryl methyl sites for hydroxylation is 2. The highest BCUT2D eigenvalue weighted by molar-refractivity contribution is 5.95. The number of rotatable bonds is 14. The molecule has 12 heteroatoms. The summed E-state index contributed by atoms with van der Waals surface area (Å²) in [6.45, 7) is 33.5. The largest absolute Gasteiger partial charge is 0.393 e. The molecule has 0 aliphatic carbocycles. The predicted octanol–water partition coefficient (Wildman–Crippen LogP) is 12.7. The molecule has 2 aromatic heterocycles. The van der Waals surface area contributed by atoms with Gasteiger partial charge in [0.25, 0.3) is 5.91 Å². The van der Waals surface area contributed by atoms with Crippen molar-refractivity contribution in [3.63, 3.8) is 0 Å². The number of imidazole rings is 1. The minimum absolute atomic E-state index is 0.125. The van der Waals surface area contributed by atoms with Gasteiger partial charge in [-0.3, -0.25) is 14.3 Å². The van der Waals surface area contributed by atoms with Crippen LogP contribution in [0.25, 0.3) is 0 Å². The number of carbonyl (C=O) groups excluding carboxylic acids is 2. The summed E-state index contributed by atoms with van der Waals surface area (Å²) >= 11 is 0. The molecule has 3 unspecified atom stereocenters. The number of H-pyrrole nitrogens is 1. The zero-order valence-corrected chi connectivity index (χ0v) is 38.7. The summed E-state index contributed by atoms with van der Waals surface area (Å²) in [5.41, 5.74) is 2.81. The van der Waals surface area contributed by atoms with E-state index >= 15 is 0 Å². The number of halogens is 3. The summed E-state index contributed by atoms with van der Waals surface area (Å²) < 4.78 is 41.0. The lowest BCUT2D eigenvalue weighted by molar-refractivity contribution is -0.214. The van der Waals surface area contributed by atoms with Crippen LogP contribution in [-0.2, 0) is 11.3 Å². The summed E-state index contributed by atoms with van der Waals surface area (Å²) in [6.07, 6.45) is 8.22. The third kappa shape index (κ3) is 23.5. The van der Waals surface area contributed by atoms with Crippen LogP contribution in [0.5, 0.6) is 0 Å².